The summed E-state index contributed by atoms with van der Waals surface area (Å²) in [5.41, 5.74) is 10.6. The fraction of sp³-hybridized carbons (Fsp3) is 0.889. The maximum atomic E-state index is 12.5. The zero-order valence-corrected chi connectivity index (χ0v) is 9.84. The van der Waals surface area contributed by atoms with Crippen LogP contribution in [0.4, 0.5) is 17.6 Å². The van der Waals surface area contributed by atoms with E-state index < -0.39 is 18.3 Å². The van der Waals surface area contributed by atoms with Crippen LogP contribution in [0.1, 0.15) is 0 Å². The molecule has 0 radical (unpaired) electrons. The molecule has 0 bridgehead atoms. The van der Waals surface area contributed by atoms with Crippen LogP contribution in [0.25, 0.3) is 0 Å². The fourth-order valence-electron chi connectivity index (χ4n) is 1.28. The third-order valence-electron chi connectivity index (χ3n) is 2.14. The van der Waals surface area contributed by atoms with Crippen molar-refractivity contribution in [3.63, 3.8) is 0 Å². The lowest BCUT2D eigenvalue weighted by Crippen LogP contribution is -2.45. The minimum atomic E-state index is -5.17. The summed E-state index contributed by atoms with van der Waals surface area (Å²) in [7, 11) is 0. The second kappa shape index (κ2) is 8.22. The van der Waals surface area contributed by atoms with Crippen molar-refractivity contribution < 1.29 is 22.4 Å². The highest BCUT2D eigenvalue weighted by molar-refractivity contribution is 5.81. The van der Waals surface area contributed by atoms with Gasteiger partial charge in [-0.15, -0.1) is 0 Å². The molecule has 0 aliphatic heterocycles. The molecular formula is C9H18F4N4O. The number of rotatable bonds is 8. The van der Waals surface area contributed by atoms with E-state index in [9.17, 15) is 22.4 Å². The molecule has 0 aliphatic carbocycles. The normalized spacial score (nSPS) is 13.7. The minimum absolute atomic E-state index is 0.0880. The van der Waals surface area contributed by atoms with E-state index in [0.29, 0.717) is 26.2 Å². The lowest BCUT2D eigenvalue weighted by molar-refractivity contribution is -0.186. The number of alkyl halides is 4. The van der Waals surface area contributed by atoms with E-state index in [1.54, 1.807) is 4.90 Å². The molecule has 0 aliphatic rings. The van der Waals surface area contributed by atoms with Gasteiger partial charge in [-0.2, -0.15) is 13.2 Å². The van der Waals surface area contributed by atoms with Crippen LogP contribution in [-0.4, -0.2) is 62.4 Å². The monoisotopic (exact) mass is 274 g/mol. The van der Waals surface area contributed by atoms with Crippen molar-refractivity contribution in [2.45, 2.75) is 12.3 Å². The van der Waals surface area contributed by atoms with Gasteiger partial charge in [0, 0.05) is 39.3 Å². The number of hydrogen-bond donors (Lipinski definition) is 3. The first-order valence-corrected chi connectivity index (χ1v) is 5.44. The van der Waals surface area contributed by atoms with E-state index in [-0.39, 0.29) is 13.1 Å². The Morgan fingerprint density at radius 1 is 1.17 bits per heavy atom. The fourth-order valence-corrected chi connectivity index (χ4v) is 1.28. The molecule has 108 valence electrons. The van der Waals surface area contributed by atoms with E-state index in [2.05, 4.69) is 0 Å². The van der Waals surface area contributed by atoms with E-state index in [1.807, 2.05) is 5.32 Å². The highest BCUT2D eigenvalue weighted by Gasteiger charge is 2.45. The first-order chi connectivity index (χ1) is 8.32. The molecule has 9 heteroatoms. The molecule has 1 unspecified atom stereocenters. The number of nitrogens with one attached hydrogen (secondary N) is 1. The van der Waals surface area contributed by atoms with Crippen molar-refractivity contribution in [2.24, 2.45) is 11.5 Å². The summed E-state index contributed by atoms with van der Waals surface area (Å²) in [6.07, 6.45) is -8.66. The van der Waals surface area contributed by atoms with Gasteiger partial charge in [0.25, 0.3) is 12.1 Å². The van der Waals surface area contributed by atoms with Crippen LogP contribution in [0.5, 0.6) is 0 Å². The number of amides is 1. The van der Waals surface area contributed by atoms with Crippen molar-refractivity contribution in [2.75, 3.05) is 39.3 Å². The topological polar surface area (TPSA) is 84.4 Å². The van der Waals surface area contributed by atoms with Gasteiger partial charge >= 0.3 is 6.18 Å². The zero-order valence-electron chi connectivity index (χ0n) is 9.84. The highest BCUT2D eigenvalue weighted by atomic mass is 19.4. The summed E-state index contributed by atoms with van der Waals surface area (Å²) >= 11 is 0. The molecule has 0 rings (SSSR count). The third-order valence-corrected chi connectivity index (χ3v) is 2.14. The molecule has 0 heterocycles. The first-order valence-electron chi connectivity index (χ1n) is 5.44. The van der Waals surface area contributed by atoms with Crippen molar-refractivity contribution in [1.82, 2.24) is 10.2 Å². The van der Waals surface area contributed by atoms with Crippen LogP contribution in [0.2, 0.25) is 0 Å². The lowest BCUT2D eigenvalue weighted by Gasteiger charge is -2.21. The van der Waals surface area contributed by atoms with Crippen LogP contribution in [0.15, 0.2) is 0 Å². The first kappa shape index (κ1) is 17.1. The Hall–Kier alpha value is -0.930. The highest BCUT2D eigenvalue weighted by Crippen LogP contribution is 2.22. The van der Waals surface area contributed by atoms with E-state index in [4.69, 9.17) is 11.5 Å². The minimum Gasteiger partial charge on any atom is -0.352 e. The van der Waals surface area contributed by atoms with Gasteiger partial charge < -0.3 is 16.8 Å². The number of carbonyl (C=O) groups excluding carboxylic acids is 1. The predicted molar refractivity (Wildman–Crippen MR) is 58.5 cm³/mol. The molecule has 1 atom stereocenters. The summed E-state index contributed by atoms with van der Waals surface area (Å²) in [6, 6.07) is 0. The molecule has 0 spiro atoms. The van der Waals surface area contributed by atoms with Gasteiger partial charge in [-0.3, -0.25) is 9.69 Å². The largest absolute Gasteiger partial charge is 0.428 e. The van der Waals surface area contributed by atoms with Gasteiger partial charge in [0.2, 0.25) is 0 Å². The number of nitrogens with two attached hydrogens (primary N) is 2. The maximum Gasteiger partial charge on any atom is 0.428 e. The molecule has 0 aromatic heterocycles. The van der Waals surface area contributed by atoms with Crippen molar-refractivity contribution in [3.8, 4) is 0 Å². The summed E-state index contributed by atoms with van der Waals surface area (Å²) in [5, 5.41) is 1.88. The summed E-state index contributed by atoms with van der Waals surface area (Å²) in [6.45, 7) is 1.92. The Morgan fingerprint density at radius 3 is 2.06 bits per heavy atom. The van der Waals surface area contributed by atoms with Crippen LogP contribution >= 0.6 is 0 Å². The van der Waals surface area contributed by atoms with Crippen molar-refractivity contribution >= 4 is 5.91 Å². The van der Waals surface area contributed by atoms with Gasteiger partial charge in [0.15, 0.2) is 0 Å². The van der Waals surface area contributed by atoms with E-state index in [1.165, 1.54) is 0 Å². The standard InChI is InChI=1S/C9H18F4N4O/c10-7(9(11,12)13)8(18)16-3-6-17(4-1-14)5-2-15/h7H,1-6,14-15H2,(H,16,18). The molecule has 0 saturated heterocycles. The molecule has 0 saturated carbocycles. The molecule has 5 N–H and O–H groups in total. The van der Waals surface area contributed by atoms with Gasteiger partial charge in [0.05, 0.1) is 0 Å². The number of nitrogens with zero attached hydrogens (tertiary/aromatic N) is 1. The van der Waals surface area contributed by atoms with E-state index in [0.717, 1.165) is 0 Å². The third kappa shape index (κ3) is 6.72. The van der Waals surface area contributed by atoms with Gasteiger partial charge in [-0.1, -0.05) is 0 Å². The maximum absolute atomic E-state index is 12.5. The average molecular weight is 274 g/mol. The quantitative estimate of drug-likeness (QED) is 0.507. The molecular weight excluding hydrogens is 256 g/mol. The van der Waals surface area contributed by atoms with Gasteiger partial charge in [-0.25, -0.2) is 4.39 Å². The zero-order chi connectivity index (χ0) is 14.2. The predicted octanol–water partition coefficient (Wildman–Crippen LogP) is -0.778. The Kier molecular flexibility index (Phi) is 7.80. The molecule has 5 nitrogen and oxygen atoms in total. The molecule has 0 fully saturated rings. The van der Waals surface area contributed by atoms with Crippen LogP contribution < -0.4 is 16.8 Å². The van der Waals surface area contributed by atoms with Crippen LogP contribution in [0, 0.1) is 0 Å². The Bertz CT molecular complexity index is 243. The summed E-state index contributed by atoms with van der Waals surface area (Å²) in [5.74, 6) is -1.68. The second-order valence-electron chi connectivity index (χ2n) is 3.61. The Labute approximate surface area is 102 Å². The van der Waals surface area contributed by atoms with Gasteiger partial charge in [-0.05, 0) is 0 Å². The van der Waals surface area contributed by atoms with Crippen LogP contribution in [0.3, 0.4) is 0 Å². The SMILES string of the molecule is NCCN(CCN)CCNC(=O)C(F)C(F)(F)F. The van der Waals surface area contributed by atoms with Crippen molar-refractivity contribution in [1.29, 1.82) is 0 Å². The molecule has 18 heavy (non-hydrogen) atoms. The Balaban J connectivity index is 3.98. The summed E-state index contributed by atoms with van der Waals surface area (Å²) < 4.78 is 48.1. The Morgan fingerprint density at radius 2 is 1.67 bits per heavy atom. The van der Waals surface area contributed by atoms with E-state index >= 15 is 0 Å². The molecule has 0 aromatic carbocycles. The smallest absolute Gasteiger partial charge is 0.352 e. The van der Waals surface area contributed by atoms with Crippen molar-refractivity contribution in [3.05, 3.63) is 0 Å². The molecule has 1 amide bonds. The average Bonchev–Trinajstić information content (AvgIpc) is 2.27. The number of carbonyl (C=O) groups is 1. The number of hydrogen-bond acceptors (Lipinski definition) is 4. The number of halogens is 4. The summed E-state index contributed by atoms with van der Waals surface area (Å²) in [4.78, 5) is 12.6. The lowest BCUT2D eigenvalue weighted by atomic mass is 10.3. The second-order valence-corrected chi connectivity index (χ2v) is 3.61. The van der Waals surface area contributed by atoms with Gasteiger partial charge in [0.1, 0.15) is 0 Å². The molecule has 0 aromatic rings. The van der Waals surface area contributed by atoms with Crippen LogP contribution in [-0.2, 0) is 4.79 Å².